The molecule has 0 saturated carbocycles. The van der Waals surface area contributed by atoms with Gasteiger partial charge in [-0.05, 0) is 23.3 Å². The molecule has 3 heterocycles. The third-order valence-electron chi connectivity index (χ3n) is 4.04. The van der Waals surface area contributed by atoms with Crippen LogP contribution >= 0.6 is 11.3 Å². The molecule has 0 radical (unpaired) electrons. The van der Waals surface area contributed by atoms with Gasteiger partial charge in [0.1, 0.15) is 5.52 Å². The fourth-order valence-corrected chi connectivity index (χ4v) is 3.88. The van der Waals surface area contributed by atoms with Gasteiger partial charge in [0.25, 0.3) is 0 Å². The molecule has 3 aromatic heterocycles. The molecule has 11 heteroatoms. The molecule has 4 aromatic rings. The van der Waals surface area contributed by atoms with Gasteiger partial charge in [-0.1, -0.05) is 18.2 Å². The summed E-state index contributed by atoms with van der Waals surface area (Å²) in [6, 6.07) is 10.4. The number of anilines is 1. The predicted molar refractivity (Wildman–Crippen MR) is 105 cm³/mol. The lowest BCUT2D eigenvalue weighted by molar-refractivity contribution is -0.192. The number of imidazole rings is 1. The third kappa shape index (κ3) is 4.15. The van der Waals surface area contributed by atoms with E-state index in [1.807, 2.05) is 23.7 Å². The molecule has 7 nitrogen and oxygen atoms in total. The summed E-state index contributed by atoms with van der Waals surface area (Å²) in [7, 11) is 1.97. The highest BCUT2D eigenvalue weighted by Gasteiger charge is 2.38. The summed E-state index contributed by atoms with van der Waals surface area (Å²) in [6.45, 7) is 0.538. The van der Waals surface area contributed by atoms with Gasteiger partial charge < -0.3 is 21.1 Å². The molecular weight excluding hydrogens is 407 g/mol. The molecule has 0 saturated heterocycles. The summed E-state index contributed by atoms with van der Waals surface area (Å²) < 4.78 is 34.8. The summed E-state index contributed by atoms with van der Waals surface area (Å²) in [6.07, 6.45) is -3.31. The van der Waals surface area contributed by atoms with Crippen LogP contribution in [0, 0.1) is 0 Å². The first-order valence-electron chi connectivity index (χ1n) is 8.21. The van der Waals surface area contributed by atoms with Crippen molar-refractivity contribution in [3.8, 4) is 10.4 Å². The normalized spacial score (nSPS) is 11.5. The van der Waals surface area contributed by atoms with E-state index < -0.39 is 12.1 Å². The zero-order valence-corrected chi connectivity index (χ0v) is 15.9. The first-order chi connectivity index (χ1) is 13.6. The zero-order chi connectivity index (χ0) is 21.3. The van der Waals surface area contributed by atoms with Gasteiger partial charge >= 0.3 is 12.1 Å². The van der Waals surface area contributed by atoms with Crippen LogP contribution in [0.2, 0.25) is 0 Å². The molecule has 1 aromatic carbocycles. The molecule has 0 aliphatic heterocycles. The molecule has 0 atom stereocenters. The molecule has 0 amide bonds. The molecule has 4 rings (SSSR count). The van der Waals surface area contributed by atoms with E-state index in [2.05, 4.69) is 28.2 Å². The summed E-state index contributed by atoms with van der Waals surface area (Å²) >= 11 is 1.71. The van der Waals surface area contributed by atoms with E-state index >= 15 is 0 Å². The number of hydrogen-bond acceptors (Lipinski definition) is 6. The lowest BCUT2D eigenvalue weighted by Gasteiger charge is -2.00. The van der Waals surface area contributed by atoms with Gasteiger partial charge in [-0.25, -0.2) is 14.8 Å². The van der Waals surface area contributed by atoms with Crippen LogP contribution < -0.4 is 11.5 Å². The van der Waals surface area contributed by atoms with Gasteiger partial charge in [-0.2, -0.15) is 13.2 Å². The van der Waals surface area contributed by atoms with Crippen LogP contribution in [0.3, 0.4) is 0 Å². The maximum atomic E-state index is 10.6. The number of pyridine rings is 1. The highest BCUT2D eigenvalue weighted by Crippen LogP contribution is 2.37. The number of nitrogens with zero attached hydrogens (tertiary/aromatic N) is 3. The number of aliphatic carboxylic acids is 1. The zero-order valence-electron chi connectivity index (χ0n) is 15.1. The Morgan fingerprint density at radius 3 is 2.62 bits per heavy atom. The first-order valence-corrected chi connectivity index (χ1v) is 9.03. The molecule has 0 aliphatic rings. The number of fused-ring (bicyclic) bond motifs is 3. The minimum Gasteiger partial charge on any atom is -0.475 e. The topological polar surface area (TPSA) is 120 Å². The molecule has 0 fully saturated rings. The second-order valence-corrected chi connectivity index (χ2v) is 7.13. The van der Waals surface area contributed by atoms with Gasteiger partial charge in [0.15, 0.2) is 5.82 Å². The molecule has 152 valence electrons. The van der Waals surface area contributed by atoms with Gasteiger partial charge in [0, 0.05) is 18.5 Å². The van der Waals surface area contributed by atoms with Crippen LogP contribution in [0.4, 0.5) is 19.0 Å². The van der Waals surface area contributed by atoms with E-state index in [0.29, 0.717) is 12.4 Å². The Morgan fingerprint density at radius 1 is 1.31 bits per heavy atom. The van der Waals surface area contributed by atoms with Crippen molar-refractivity contribution in [2.45, 2.75) is 12.7 Å². The molecule has 0 spiro atoms. The van der Waals surface area contributed by atoms with Crippen molar-refractivity contribution in [3.05, 3.63) is 42.2 Å². The van der Waals surface area contributed by atoms with Gasteiger partial charge in [0.05, 0.1) is 22.1 Å². The van der Waals surface area contributed by atoms with E-state index in [4.69, 9.17) is 21.4 Å². The summed E-state index contributed by atoms with van der Waals surface area (Å²) in [5.41, 5.74) is 16.7. The molecule has 5 N–H and O–H groups in total. The molecular formula is C18H16F3N5O2S. The number of aromatic nitrogens is 3. The van der Waals surface area contributed by atoms with Crippen molar-refractivity contribution in [1.29, 1.82) is 0 Å². The predicted octanol–water partition coefficient (Wildman–Crippen LogP) is 3.52. The lowest BCUT2D eigenvalue weighted by Crippen LogP contribution is -2.21. The Kier molecular flexibility index (Phi) is 5.44. The quantitative estimate of drug-likeness (QED) is 0.454. The Balaban J connectivity index is 0.000000298. The second-order valence-electron chi connectivity index (χ2n) is 6.08. The summed E-state index contributed by atoms with van der Waals surface area (Å²) in [5, 5.41) is 7.12. The largest absolute Gasteiger partial charge is 0.490 e. The number of carboxylic acids is 1. The Bertz CT molecular complexity index is 1200. The van der Waals surface area contributed by atoms with Crippen molar-refractivity contribution < 1.29 is 23.1 Å². The average Bonchev–Trinajstić information content (AvgIpc) is 3.25. The van der Waals surface area contributed by atoms with Crippen molar-refractivity contribution >= 4 is 44.4 Å². The van der Waals surface area contributed by atoms with Crippen LogP contribution in [-0.4, -0.2) is 31.8 Å². The maximum absolute atomic E-state index is 10.6. The molecule has 0 unspecified atom stereocenters. The van der Waals surface area contributed by atoms with E-state index in [9.17, 15) is 13.2 Å². The molecule has 29 heavy (non-hydrogen) atoms. The second kappa shape index (κ2) is 7.68. The fourth-order valence-electron chi connectivity index (χ4n) is 2.70. The van der Waals surface area contributed by atoms with Crippen LogP contribution in [0.15, 0.2) is 36.7 Å². The van der Waals surface area contributed by atoms with Gasteiger partial charge in [-0.3, -0.25) is 0 Å². The highest BCUT2D eigenvalue weighted by molar-refractivity contribution is 7.23. The lowest BCUT2D eigenvalue weighted by atomic mass is 10.1. The van der Waals surface area contributed by atoms with Crippen LogP contribution in [-0.2, 0) is 18.4 Å². The minimum absolute atomic E-state index is 0.475. The van der Waals surface area contributed by atoms with Gasteiger partial charge in [-0.15, -0.1) is 11.3 Å². The third-order valence-corrected chi connectivity index (χ3v) is 5.22. The van der Waals surface area contributed by atoms with Crippen molar-refractivity contribution in [2.24, 2.45) is 12.8 Å². The average molecular weight is 423 g/mol. The maximum Gasteiger partial charge on any atom is 0.490 e. The van der Waals surface area contributed by atoms with Crippen molar-refractivity contribution in [3.63, 3.8) is 0 Å². The summed E-state index contributed by atoms with van der Waals surface area (Å²) in [4.78, 5) is 18.9. The number of halogens is 3. The summed E-state index contributed by atoms with van der Waals surface area (Å²) in [5.74, 6) is -2.28. The Morgan fingerprint density at radius 2 is 2.00 bits per heavy atom. The standard InChI is InChI=1S/C16H15N5S.C2HF3O2/c1-21-8-19-13-14(21)15-11(20-16(13)18)6-12(22-15)10-4-2-3-9(5-10)7-17;3-2(4,5)1(6)7/h2-6,8H,7,17H2,1H3,(H2,18,20);(H,6,7). The monoisotopic (exact) mass is 423 g/mol. The SMILES string of the molecule is Cn1cnc2c(N)nc3cc(-c4cccc(CN)c4)sc3c21.O=C(O)C(F)(F)F. The number of carboxylic acid groups (broad SMARTS) is 1. The number of carbonyl (C=O) groups is 1. The van der Waals surface area contributed by atoms with E-state index in [1.165, 1.54) is 0 Å². The number of hydrogen-bond donors (Lipinski definition) is 3. The van der Waals surface area contributed by atoms with Gasteiger partial charge in [0.2, 0.25) is 0 Å². The van der Waals surface area contributed by atoms with Crippen LogP contribution in [0.5, 0.6) is 0 Å². The number of benzene rings is 1. The highest BCUT2D eigenvalue weighted by atomic mass is 32.1. The fraction of sp³-hybridized carbons (Fsp3) is 0.167. The number of thiophene rings is 1. The minimum atomic E-state index is -5.08. The number of nitrogens with two attached hydrogens (primary N) is 2. The Hall–Kier alpha value is -3.18. The molecule has 0 aliphatic carbocycles. The molecule has 0 bridgehead atoms. The van der Waals surface area contributed by atoms with E-state index in [-0.39, 0.29) is 0 Å². The van der Waals surface area contributed by atoms with Crippen LogP contribution in [0.25, 0.3) is 31.7 Å². The number of rotatable bonds is 2. The Labute approximate surface area is 166 Å². The van der Waals surface area contributed by atoms with Crippen molar-refractivity contribution in [1.82, 2.24) is 14.5 Å². The van der Waals surface area contributed by atoms with Crippen LogP contribution in [0.1, 0.15) is 5.56 Å². The number of aryl methyl sites for hydroxylation is 1. The smallest absolute Gasteiger partial charge is 0.475 e. The first kappa shape index (κ1) is 20.6. The van der Waals surface area contributed by atoms with E-state index in [1.54, 1.807) is 17.7 Å². The number of alkyl halides is 3. The van der Waals surface area contributed by atoms with E-state index in [0.717, 1.165) is 37.3 Å². The van der Waals surface area contributed by atoms with Crippen molar-refractivity contribution in [2.75, 3.05) is 5.73 Å². The number of nitrogen functional groups attached to an aromatic ring is 1.